The fraction of sp³-hybridized carbons (Fsp3) is 0.467. The van der Waals surface area contributed by atoms with Crippen LogP contribution in [0.5, 0.6) is 0 Å². The number of benzene rings is 1. The lowest BCUT2D eigenvalue weighted by atomic mass is 10.2. The molecule has 6 heteroatoms. The maximum Gasteiger partial charge on any atom is 0.330 e. The summed E-state index contributed by atoms with van der Waals surface area (Å²) in [5.41, 5.74) is 0.956. The molecule has 1 heterocycles. The highest BCUT2D eigenvalue weighted by molar-refractivity contribution is 7.53. The summed E-state index contributed by atoms with van der Waals surface area (Å²) in [6, 6.07) is 10.0. The van der Waals surface area contributed by atoms with Gasteiger partial charge in [0.25, 0.3) is 0 Å². The minimum Gasteiger partial charge on any atom is -0.309 e. The van der Waals surface area contributed by atoms with E-state index in [-0.39, 0.29) is 0 Å². The second-order valence-electron chi connectivity index (χ2n) is 4.66. The monoisotopic (exact) mass is 309 g/mol. The molecular weight excluding hydrogens is 287 g/mol. The van der Waals surface area contributed by atoms with Crippen LogP contribution in [0.1, 0.15) is 20.3 Å². The first-order valence-corrected chi connectivity index (χ1v) is 9.03. The van der Waals surface area contributed by atoms with Crippen LogP contribution in [-0.2, 0) is 20.2 Å². The van der Waals surface area contributed by atoms with Crippen LogP contribution in [0.3, 0.4) is 0 Å². The molecule has 21 heavy (non-hydrogen) atoms. The Morgan fingerprint density at radius 2 is 1.86 bits per heavy atom. The van der Waals surface area contributed by atoms with Crippen LogP contribution >= 0.6 is 7.60 Å². The largest absolute Gasteiger partial charge is 0.330 e. The average molecular weight is 309 g/mol. The zero-order chi connectivity index (χ0) is 15.1. The Morgan fingerprint density at radius 1 is 1.14 bits per heavy atom. The van der Waals surface area contributed by atoms with Gasteiger partial charge >= 0.3 is 7.60 Å². The number of rotatable bonds is 8. The summed E-state index contributed by atoms with van der Waals surface area (Å²) in [5.74, 6) is 0. The maximum atomic E-state index is 12.3. The minimum absolute atomic E-state index is 0.401. The Kier molecular flexibility index (Phi) is 5.85. The molecule has 0 N–H and O–H groups in total. The average Bonchev–Trinajstić information content (AvgIpc) is 2.47. The summed E-state index contributed by atoms with van der Waals surface area (Å²) in [7, 11) is -2.95. The fourth-order valence-electron chi connectivity index (χ4n) is 2.17. The molecule has 0 radical (unpaired) electrons. The third-order valence-electron chi connectivity index (χ3n) is 3.07. The van der Waals surface area contributed by atoms with E-state index in [0.29, 0.717) is 32.3 Å². The smallest absolute Gasteiger partial charge is 0.309 e. The second-order valence-corrected chi connectivity index (χ2v) is 6.85. The van der Waals surface area contributed by atoms with Crippen LogP contribution in [-0.4, -0.2) is 24.5 Å². The van der Waals surface area contributed by atoms with Crippen molar-refractivity contribution in [3.05, 3.63) is 36.5 Å². The molecule has 0 aliphatic rings. The molecule has 0 saturated carbocycles. The van der Waals surface area contributed by atoms with Crippen molar-refractivity contribution in [1.29, 1.82) is 0 Å². The number of hydrogen-bond acceptors (Lipinski definition) is 4. The van der Waals surface area contributed by atoms with Crippen molar-refractivity contribution in [1.82, 2.24) is 5.10 Å². The highest BCUT2D eigenvalue weighted by Gasteiger charge is 2.23. The number of aromatic nitrogens is 2. The second kappa shape index (κ2) is 7.64. The van der Waals surface area contributed by atoms with Gasteiger partial charge in [-0.1, -0.05) is 22.9 Å². The lowest BCUT2D eigenvalue weighted by molar-refractivity contribution is -0.751. The van der Waals surface area contributed by atoms with Gasteiger partial charge in [0.1, 0.15) is 5.52 Å². The van der Waals surface area contributed by atoms with Crippen LogP contribution in [0.2, 0.25) is 0 Å². The van der Waals surface area contributed by atoms with Crippen molar-refractivity contribution < 1.29 is 18.3 Å². The summed E-state index contributed by atoms with van der Waals surface area (Å²) >= 11 is 0. The molecule has 2 aromatic rings. The summed E-state index contributed by atoms with van der Waals surface area (Å²) in [6.07, 6.45) is 3.05. The Labute approximate surface area is 125 Å². The minimum atomic E-state index is -2.95. The predicted molar refractivity (Wildman–Crippen MR) is 82.3 cm³/mol. The van der Waals surface area contributed by atoms with Crippen molar-refractivity contribution >= 4 is 18.5 Å². The van der Waals surface area contributed by atoms with E-state index >= 15 is 0 Å². The highest BCUT2D eigenvalue weighted by atomic mass is 31.2. The predicted octanol–water partition coefficient (Wildman–Crippen LogP) is 3.18. The highest BCUT2D eigenvalue weighted by Crippen LogP contribution is 2.48. The number of nitrogens with zero attached hydrogens (tertiary/aromatic N) is 2. The first-order valence-electron chi connectivity index (χ1n) is 7.30. The molecule has 2 rings (SSSR count). The Hall–Kier alpha value is -1.29. The SMILES string of the molecule is CCOP(=O)(CCC[n+]1ccc2ccccc2n1)OCC. The van der Waals surface area contributed by atoms with E-state index in [1.807, 2.05) is 55.1 Å². The summed E-state index contributed by atoms with van der Waals surface area (Å²) < 4.78 is 24.8. The van der Waals surface area contributed by atoms with Gasteiger partial charge in [-0.2, -0.15) is 0 Å². The van der Waals surface area contributed by atoms with Crippen LogP contribution in [0.4, 0.5) is 0 Å². The summed E-state index contributed by atoms with van der Waals surface area (Å²) in [5, 5.41) is 5.65. The van der Waals surface area contributed by atoms with Gasteiger partial charge in [-0.3, -0.25) is 4.57 Å². The van der Waals surface area contributed by atoms with Gasteiger partial charge in [0.15, 0.2) is 12.7 Å². The number of fused-ring (bicyclic) bond motifs is 1. The Bertz CT molecular complexity index is 623. The molecule has 0 fully saturated rings. The van der Waals surface area contributed by atoms with Crippen molar-refractivity contribution in [2.75, 3.05) is 19.4 Å². The zero-order valence-electron chi connectivity index (χ0n) is 12.6. The van der Waals surface area contributed by atoms with Gasteiger partial charge in [0.05, 0.1) is 19.4 Å². The Balaban J connectivity index is 1.96. The molecule has 1 aromatic carbocycles. The van der Waals surface area contributed by atoms with E-state index in [1.54, 1.807) is 0 Å². The van der Waals surface area contributed by atoms with E-state index in [4.69, 9.17) is 9.05 Å². The summed E-state index contributed by atoms with van der Waals surface area (Å²) in [4.78, 5) is 0. The Morgan fingerprint density at radius 3 is 2.57 bits per heavy atom. The molecule has 0 amide bonds. The number of hydrogen-bond donors (Lipinski definition) is 0. The topological polar surface area (TPSA) is 52.3 Å². The van der Waals surface area contributed by atoms with Crippen molar-refractivity contribution in [3.8, 4) is 0 Å². The van der Waals surface area contributed by atoms with Crippen LogP contribution in [0.25, 0.3) is 10.9 Å². The molecule has 0 atom stereocenters. The van der Waals surface area contributed by atoms with E-state index in [9.17, 15) is 4.57 Å². The fourth-order valence-corrected chi connectivity index (χ4v) is 3.82. The standard InChI is InChI=1S/C15H22N2O3P/c1-3-19-21(18,20-4-2)13-7-11-17-12-10-14-8-5-6-9-15(14)16-17/h5-6,8-10,12H,3-4,7,11,13H2,1-2H3/q+1. The molecule has 0 aliphatic heterocycles. The number of aryl methyl sites for hydroxylation is 1. The van der Waals surface area contributed by atoms with Crippen molar-refractivity contribution in [3.63, 3.8) is 0 Å². The molecule has 1 aromatic heterocycles. The molecule has 0 bridgehead atoms. The van der Waals surface area contributed by atoms with Gasteiger partial charge in [0, 0.05) is 23.0 Å². The van der Waals surface area contributed by atoms with Gasteiger partial charge in [-0.25, -0.2) is 0 Å². The van der Waals surface area contributed by atoms with E-state index < -0.39 is 7.60 Å². The van der Waals surface area contributed by atoms with Gasteiger partial charge < -0.3 is 9.05 Å². The van der Waals surface area contributed by atoms with Crippen LogP contribution in [0, 0.1) is 0 Å². The third kappa shape index (κ3) is 4.60. The van der Waals surface area contributed by atoms with Crippen molar-refractivity contribution in [2.24, 2.45) is 0 Å². The zero-order valence-corrected chi connectivity index (χ0v) is 13.5. The molecule has 5 nitrogen and oxygen atoms in total. The van der Waals surface area contributed by atoms with Crippen LogP contribution in [0.15, 0.2) is 36.5 Å². The lowest BCUT2D eigenvalue weighted by Gasteiger charge is -2.15. The van der Waals surface area contributed by atoms with Gasteiger partial charge in [-0.15, -0.1) is 0 Å². The molecule has 0 saturated heterocycles. The normalized spacial score (nSPS) is 11.9. The van der Waals surface area contributed by atoms with Crippen LogP contribution < -0.4 is 4.68 Å². The van der Waals surface area contributed by atoms with E-state index in [2.05, 4.69) is 5.10 Å². The van der Waals surface area contributed by atoms with E-state index in [1.165, 1.54) is 0 Å². The summed E-state index contributed by atoms with van der Waals surface area (Å²) in [6.45, 7) is 5.14. The third-order valence-corrected chi connectivity index (χ3v) is 5.24. The first kappa shape index (κ1) is 16.1. The molecular formula is C15H22N2O3P+. The quantitative estimate of drug-likeness (QED) is 0.555. The lowest BCUT2D eigenvalue weighted by Crippen LogP contribution is -2.37. The molecule has 0 unspecified atom stereocenters. The molecule has 114 valence electrons. The molecule has 0 spiro atoms. The van der Waals surface area contributed by atoms with E-state index in [0.717, 1.165) is 10.9 Å². The molecule has 0 aliphatic carbocycles. The maximum absolute atomic E-state index is 12.3. The van der Waals surface area contributed by atoms with Gasteiger partial charge in [0.2, 0.25) is 0 Å². The van der Waals surface area contributed by atoms with Crippen molar-refractivity contribution in [2.45, 2.75) is 26.8 Å². The first-order chi connectivity index (χ1) is 10.2. The van der Waals surface area contributed by atoms with Gasteiger partial charge in [-0.05, 0) is 19.9 Å².